The first-order valence-electron chi connectivity index (χ1n) is 10.3. The summed E-state index contributed by atoms with van der Waals surface area (Å²) in [4.78, 5) is 16.7. The average Bonchev–Trinajstić information content (AvgIpc) is 2.99. The van der Waals surface area contributed by atoms with Crippen molar-refractivity contribution in [3.8, 4) is 11.5 Å². The van der Waals surface area contributed by atoms with Crippen LogP contribution in [-0.2, 0) is 4.79 Å². The maximum absolute atomic E-state index is 13.4. The number of carbonyl (C=O) groups excluding carboxylic acids is 1. The molecule has 31 heavy (non-hydrogen) atoms. The van der Waals surface area contributed by atoms with Crippen molar-refractivity contribution < 1.29 is 14.3 Å². The molecular weight excluding hydrogens is 408 g/mol. The summed E-state index contributed by atoms with van der Waals surface area (Å²) in [5.41, 5.74) is 2.06. The fraction of sp³-hybridized carbons (Fsp3) is 0.200. The van der Waals surface area contributed by atoms with Crippen LogP contribution in [0.4, 0.5) is 5.69 Å². The molecule has 3 aromatic carbocycles. The number of ether oxygens (including phenoxy) is 2. The summed E-state index contributed by atoms with van der Waals surface area (Å²) in [6.45, 7) is 4.99. The number of thiocarbonyl (C=S) groups is 1. The molecule has 0 atom stereocenters. The van der Waals surface area contributed by atoms with Crippen LogP contribution >= 0.6 is 12.2 Å². The molecule has 1 saturated heterocycles. The molecule has 1 amide bonds. The van der Waals surface area contributed by atoms with E-state index in [1.807, 2.05) is 87.6 Å². The maximum Gasteiger partial charge on any atom is 0.281 e. The van der Waals surface area contributed by atoms with Gasteiger partial charge < -0.3 is 14.4 Å². The van der Waals surface area contributed by atoms with Gasteiger partial charge in [0.15, 0.2) is 5.11 Å². The van der Waals surface area contributed by atoms with Crippen LogP contribution in [-0.4, -0.2) is 36.2 Å². The summed E-state index contributed by atoms with van der Waals surface area (Å²) in [5, 5.41) is 2.43. The van der Waals surface area contributed by atoms with Crippen molar-refractivity contribution in [3.63, 3.8) is 0 Å². The van der Waals surface area contributed by atoms with Crippen molar-refractivity contribution in [3.05, 3.63) is 71.9 Å². The summed E-state index contributed by atoms with van der Waals surface area (Å²) < 4.78 is 11.6. The molecule has 0 aliphatic carbocycles. The van der Waals surface area contributed by atoms with Gasteiger partial charge in [-0.1, -0.05) is 30.3 Å². The van der Waals surface area contributed by atoms with E-state index in [9.17, 15) is 4.79 Å². The van der Waals surface area contributed by atoms with Crippen LogP contribution in [0, 0.1) is 0 Å². The highest BCUT2D eigenvalue weighted by molar-refractivity contribution is 7.80. The van der Waals surface area contributed by atoms with Gasteiger partial charge in [0.25, 0.3) is 5.91 Å². The third-order valence-corrected chi connectivity index (χ3v) is 5.62. The van der Waals surface area contributed by atoms with E-state index >= 15 is 0 Å². The highest BCUT2D eigenvalue weighted by Crippen LogP contribution is 2.35. The van der Waals surface area contributed by atoms with Gasteiger partial charge in [-0.2, -0.15) is 0 Å². The van der Waals surface area contributed by atoms with Crippen molar-refractivity contribution in [2.45, 2.75) is 13.8 Å². The Balaban J connectivity index is 1.87. The third-order valence-electron chi connectivity index (χ3n) is 5.16. The average molecular weight is 433 g/mol. The normalized spacial score (nSPS) is 15.3. The number of hydrogen-bond donors (Lipinski definition) is 0. The van der Waals surface area contributed by atoms with Gasteiger partial charge in [0.05, 0.1) is 18.9 Å². The molecule has 0 saturated carbocycles. The molecule has 1 aliphatic heterocycles. The van der Waals surface area contributed by atoms with Crippen LogP contribution < -0.4 is 14.4 Å². The molecule has 0 spiro atoms. The topological polar surface area (TPSA) is 42.0 Å². The molecule has 0 N–H and O–H groups in total. The molecule has 4 rings (SSSR count). The number of fused-ring (bicyclic) bond motifs is 1. The number of nitrogens with zero attached hydrogens (tertiary/aromatic N) is 2. The Morgan fingerprint density at radius 2 is 1.68 bits per heavy atom. The van der Waals surface area contributed by atoms with Gasteiger partial charge in [0.2, 0.25) is 0 Å². The molecule has 0 aromatic heterocycles. The Bertz CT molecular complexity index is 1170. The van der Waals surface area contributed by atoms with E-state index in [-0.39, 0.29) is 5.91 Å². The largest absolute Gasteiger partial charge is 0.494 e. The molecule has 1 heterocycles. The minimum absolute atomic E-state index is 0.167. The molecule has 6 heteroatoms. The van der Waals surface area contributed by atoms with E-state index in [1.54, 1.807) is 9.80 Å². The van der Waals surface area contributed by atoms with Crippen LogP contribution in [0.25, 0.3) is 16.8 Å². The zero-order valence-electron chi connectivity index (χ0n) is 17.8. The van der Waals surface area contributed by atoms with E-state index in [2.05, 4.69) is 0 Å². The van der Waals surface area contributed by atoms with Crippen molar-refractivity contribution in [2.24, 2.45) is 0 Å². The Morgan fingerprint density at radius 3 is 2.39 bits per heavy atom. The lowest BCUT2D eigenvalue weighted by atomic mass is 10.0. The molecule has 0 unspecified atom stereocenters. The van der Waals surface area contributed by atoms with Gasteiger partial charge in [0.1, 0.15) is 17.2 Å². The van der Waals surface area contributed by atoms with E-state index in [0.717, 1.165) is 27.8 Å². The summed E-state index contributed by atoms with van der Waals surface area (Å²) in [6, 6.07) is 19.3. The lowest BCUT2D eigenvalue weighted by Crippen LogP contribution is -2.30. The first-order valence-corrected chi connectivity index (χ1v) is 10.7. The number of benzene rings is 3. The molecule has 158 valence electrons. The zero-order valence-corrected chi connectivity index (χ0v) is 18.6. The molecule has 1 fully saturated rings. The van der Waals surface area contributed by atoms with Crippen LogP contribution in [0.3, 0.4) is 0 Å². The van der Waals surface area contributed by atoms with E-state index in [4.69, 9.17) is 21.7 Å². The van der Waals surface area contributed by atoms with Crippen LogP contribution in [0.5, 0.6) is 11.5 Å². The molecule has 1 aliphatic rings. The summed E-state index contributed by atoms with van der Waals surface area (Å²) in [7, 11) is 1.81. The number of anilines is 1. The predicted octanol–water partition coefficient (Wildman–Crippen LogP) is 5.24. The van der Waals surface area contributed by atoms with Gasteiger partial charge in [0, 0.05) is 12.6 Å². The Kier molecular flexibility index (Phi) is 5.91. The van der Waals surface area contributed by atoms with Crippen LogP contribution in [0.1, 0.15) is 19.4 Å². The molecule has 0 radical (unpaired) electrons. The Labute approximate surface area is 187 Å². The fourth-order valence-corrected chi connectivity index (χ4v) is 3.97. The van der Waals surface area contributed by atoms with E-state index in [0.29, 0.717) is 29.8 Å². The lowest BCUT2D eigenvalue weighted by molar-refractivity contribution is -0.114. The minimum Gasteiger partial charge on any atom is -0.494 e. The van der Waals surface area contributed by atoms with E-state index < -0.39 is 0 Å². The predicted molar refractivity (Wildman–Crippen MR) is 129 cm³/mol. The monoisotopic (exact) mass is 432 g/mol. The molecule has 5 nitrogen and oxygen atoms in total. The van der Waals surface area contributed by atoms with Crippen molar-refractivity contribution in [1.29, 1.82) is 0 Å². The van der Waals surface area contributed by atoms with Gasteiger partial charge in [-0.15, -0.1) is 0 Å². The fourth-order valence-electron chi connectivity index (χ4n) is 3.69. The Morgan fingerprint density at radius 1 is 0.968 bits per heavy atom. The summed E-state index contributed by atoms with van der Waals surface area (Å²) >= 11 is 5.59. The minimum atomic E-state index is -0.167. The van der Waals surface area contributed by atoms with Crippen LogP contribution in [0.2, 0.25) is 0 Å². The van der Waals surface area contributed by atoms with Crippen molar-refractivity contribution in [2.75, 3.05) is 25.2 Å². The SMILES string of the molecule is CCOc1ccc2ccc(OCC)c(/C=C3/C(=O)N(c4ccccc4)C(=S)N3C)c2c1. The first kappa shape index (κ1) is 20.9. The number of likely N-dealkylation sites (N-methyl/N-ethyl adjacent to an activating group) is 1. The van der Waals surface area contributed by atoms with Crippen molar-refractivity contribution >= 4 is 45.8 Å². The number of amides is 1. The second kappa shape index (κ2) is 8.78. The summed E-state index contributed by atoms with van der Waals surface area (Å²) in [6.07, 6.45) is 1.86. The lowest BCUT2D eigenvalue weighted by Gasteiger charge is -2.16. The quantitative estimate of drug-likeness (QED) is 0.394. The maximum atomic E-state index is 13.4. The number of rotatable bonds is 6. The number of carbonyl (C=O) groups is 1. The zero-order chi connectivity index (χ0) is 22.0. The summed E-state index contributed by atoms with van der Waals surface area (Å²) in [5.74, 6) is 1.32. The van der Waals surface area contributed by atoms with Gasteiger partial charge in [-0.25, -0.2) is 0 Å². The van der Waals surface area contributed by atoms with Gasteiger partial charge in [-0.3, -0.25) is 9.69 Å². The van der Waals surface area contributed by atoms with Gasteiger partial charge in [-0.05, 0) is 73.2 Å². The first-order chi connectivity index (χ1) is 15.0. The smallest absolute Gasteiger partial charge is 0.281 e. The molecular formula is C25H24N2O3S. The highest BCUT2D eigenvalue weighted by atomic mass is 32.1. The second-order valence-corrected chi connectivity index (χ2v) is 7.44. The second-order valence-electron chi connectivity index (χ2n) is 7.07. The van der Waals surface area contributed by atoms with Gasteiger partial charge >= 0.3 is 0 Å². The standard InChI is InChI=1S/C25H24N2O3S/c1-4-29-19-13-11-17-12-14-23(30-5-2)21(20(17)15-19)16-22-24(28)27(25(31)26(22)3)18-9-7-6-8-10-18/h6-16H,4-5H2,1-3H3/b22-16-. The number of para-hydroxylation sites is 1. The van der Waals surface area contributed by atoms with Crippen LogP contribution in [0.15, 0.2) is 66.4 Å². The Hall–Kier alpha value is -3.38. The third kappa shape index (κ3) is 3.86. The van der Waals surface area contributed by atoms with Crippen molar-refractivity contribution in [1.82, 2.24) is 4.90 Å². The molecule has 0 bridgehead atoms. The molecule has 3 aromatic rings. The number of hydrogen-bond acceptors (Lipinski definition) is 4. The highest BCUT2D eigenvalue weighted by Gasteiger charge is 2.37. The van der Waals surface area contributed by atoms with E-state index in [1.165, 1.54) is 0 Å².